The fourth-order valence-corrected chi connectivity index (χ4v) is 4.59. The van der Waals surface area contributed by atoms with Crippen molar-refractivity contribution in [2.24, 2.45) is 5.92 Å². The Morgan fingerprint density at radius 3 is 2.38 bits per heavy atom. The van der Waals surface area contributed by atoms with Crippen LogP contribution in [-0.2, 0) is 4.79 Å². The average Bonchev–Trinajstić information content (AvgIpc) is 3.24. The first-order valence-corrected chi connectivity index (χ1v) is 10.8. The van der Waals surface area contributed by atoms with Gasteiger partial charge in [-0.05, 0) is 25.7 Å². The lowest BCUT2D eigenvalue weighted by atomic mass is 9.94. The summed E-state index contributed by atoms with van der Waals surface area (Å²) < 4.78 is 46.6. The number of amides is 1. The fourth-order valence-electron chi connectivity index (χ4n) is 4.59. The predicted octanol–water partition coefficient (Wildman–Crippen LogP) is 4.25. The number of piperidine rings is 1. The van der Waals surface area contributed by atoms with Gasteiger partial charge in [-0.25, -0.2) is 18.2 Å². The summed E-state index contributed by atoms with van der Waals surface area (Å²) in [5.74, 6) is -5.73. The first-order chi connectivity index (χ1) is 15.3. The SMILES string of the molecule is O=C(O)[C@@H]1CCCN(N(C(=O)c2cc(-c3c(F)cc(F)cc3F)on2)C2CCCCC2)C1. The average molecular weight is 451 g/mol. The van der Waals surface area contributed by atoms with Gasteiger partial charge in [0.15, 0.2) is 11.5 Å². The predicted molar refractivity (Wildman–Crippen MR) is 107 cm³/mol. The molecule has 1 saturated heterocycles. The van der Waals surface area contributed by atoms with Crippen molar-refractivity contribution in [2.75, 3.05) is 13.1 Å². The number of carbonyl (C=O) groups is 2. The van der Waals surface area contributed by atoms with Gasteiger partial charge in [-0.3, -0.25) is 14.6 Å². The van der Waals surface area contributed by atoms with E-state index in [2.05, 4.69) is 5.16 Å². The quantitative estimate of drug-likeness (QED) is 0.732. The standard InChI is InChI=1S/C22H24F3N3O4/c23-14-9-16(24)20(17(25)10-14)19-11-18(26-32-19)21(29)28(15-6-2-1-3-7-15)27-8-4-5-13(12-27)22(30)31/h9-11,13,15H,1-8,12H2,(H,30,31)/t13-/m1/s1. The molecule has 1 N–H and O–H groups in total. The molecule has 172 valence electrons. The van der Waals surface area contributed by atoms with Crippen LogP contribution in [0.25, 0.3) is 11.3 Å². The molecule has 0 spiro atoms. The van der Waals surface area contributed by atoms with Crippen LogP contribution in [0.1, 0.15) is 55.4 Å². The molecule has 1 atom stereocenters. The Balaban J connectivity index is 1.64. The van der Waals surface area contributed by atoms with Gasteiger partial charge in [-0.1, -0.05) is 24.4 Å². The summed E-state index contributed by atoms with van der Waals surface area (Å²) in [5, 5.41) is 16.5. The Kier molecular flexibility index (Phi) is 6.50. The zero-order valence-electron chi connectivity index (χ0n) is 17.4. The molecule has 2 aromatic rings. The van der Waals surface area contributed by atoms with E-state index in [1.807, 2.05) is 0 Å². The minimum atomic E-state index is -1.16. The lowest BCUT2D eigenvalue weighted by molar-refractivity contribution is -0.147. The molecule has 1 aliphatic carbocycles. The number of hydrogen-bond acceptors (Lipinski definition) is 5. The number of halogens is 3. The molecule has 1 saturated carbocycles. The third-order valence-electron chi connectivity index (χ3n) is 6.17. The van der Waals surface area contributed by atoms with E-state index in [1.54, 1.807) is 10.0 Å². The zero-order chi connectivity index (χ0) is 22.8. The molecule has 2 fully saturated rings. The van der Waals surface area contributed by atoms with Crippen molar-refractivity contribution in [3.63, 3.8) is 0 Å². The van der Waals surface area contributed by atoms with Crippen LogP contribution >= 0.6 is 0 Å². The molecule has 1 aliphatic heterocycles. The largest absolute Gasteiger partial charge is 0.481 e. The van der Waals surface area contributed by atoms with Gasteiger partial charge >= 0.3 is 5.97 Å². The van der Waals surface area contributed by atoms with Crippen LogP contribution in [-0.4, -0.2) is 51.3 Å². The highest BCUT2D eigenvalue weighted by atomic mass is 19.1. The number of hydrogen-bond donors (Lipinski definition) is 1. The highest BCUT2D eigenvalue weighted by Gasteiger charge is 2.37. The first-order valence-electron chi connectivity index (χ1n) is 10.8. The summed E-state index contributed by atoms with van der Waals surface area (Å²) in [6.45, 7) is 0.724. The second kappa shape index (κ2) is 9.32. The number of aliphatic carboxylic acids is 1. The Morgan fingerprint density at radius 1 is 1.03 bits per heavy atom. The van der Waals surface area contributed by atoms with E-state index in [0.29, 0.717) is 31.5 Å². The van der Waals surface area contributed by atoms with E-state index in [-0.39, 0.29) is 24.0 Å². The maximum Gasteiger partial charge on any atom is 0.307 e. The molecule has 0 unspecified atom stereocenters. The molecular weight excluding hydrogens is 427 g/mol. The van der Waals surface area contributed by atoms with Crippen LogP contribution in [0.5, 0.6) is 0 Å². The van der Waals surface area contributed by atoms with Gasteiger partial charge in [0.25, 0.3) is 5.91 Å². The van der Waals surface area contributed by atoms with Gasteiger partial charge in [-0.15, -0.1) is 0 Å². The van der Waals surface area contributed by atoms with Crippen LogP contribution in [0.2, 0.25) is 0 Å². The zero-order valence-corrected chi connectivity index (χ0v) is 17.4. The Labute approximate surface area is 182 Å². The first kappa shape index (κ1) is 22.3. The molecule has 2 heterocycles. The number of benzene rings is 1. The van der Waals surface area contributed by atoms with Crippen molar-refractivity contribution in [2.45, 2.75) is 51.0 Å². The van der Waals surface area contributed by atoms with Crippen molar-refractivity contribution in [3.05, 3.63) is 41.3 Å². The molecular formula is C22H24F3N3O4. The third-order valence-corrected chi connectivity index (χ3v) is 6.17. The number of carboxylic acid groups (broad SMARTS) is 1. The number of carbonyl (C=O) groups excluding carboxylic acids is 1. The maximum absolute atomic E-state index is 14.1. The smallest absolute Gasteiger partial charge is 0.307 e. The summed E-state index contributed by atoms with van der Waals surface area (Å²) in [6.07, 6.45) is 5.66. The topological polar surface area (TPSA) is 86.9 Å². The summed E-state index contributed by atoms with van der Waals surface area (Å²) >= 11 is 0. The molecule has 1 aromatic heterocycles. The molecule has 10 heteroatoms. The van der Waals surface area contributed by atoms with E-state index in [0.717, 1.165) is 38.2 Å². The monoisotopic (exact) mass is 451 g/mol. The molecule has 32 heavy (non-hydrogen) atoms. The van der Waals surface area contributed by atoms with Gasteiger partial charge in [0.2, 0.25) is 0 Å². The highest BCUT2D eigenvalue weighted by molar-refractivity contribution is 5.93. The Morgan fingerprint density at radius 2 is 1.72 bits per heavy atom. The number of carboxylic acids is 1. The molecule has 1 amide bonds. The molecule has 2 aliphatic rings. The molecule has 4 rings (SSSR count). The van der Waals surface area contributed by atoms with Crippen molar-refractivity contribution in [1.82, 2.24) is 15.2 Å². The third kappa shape index (κ3) is 4.50. The lowest BCUT2D eigenvalue weighted by Crippen LogP contribution is -2.56. The van der Waals surface area contributed by atoms with Crippen molar-refractivity contribution >= 4 is 11.9 Å². The summed E-state index contributed by atoms with van der Waals surface area (Å²) in [5.41, 5.74) is -0.753. The normalized spacial score (nSPS) is 20.3. The molecule has 0 bridgehead atoms. The summed E-state index contributed by atoms with van der Waals surface area (Å²) in [4.78, 5) is 25.0. The van der Waals surface area contributed by atoms with Crippen molar-refractivity contribution < 1.29 is 32.4 Å². The molecule has 0 radical (unpaired) electrons. The minimum Gasteiger partial charge on any atom is -0.481 e. The number of nitrogens with zero attached hydrogens (tertiary/aromatic N) is 3. The molecule has 1 aromatic carbocycles. The van der Waals surface area contributed by atoms with Gasteiger partial charge in [0.1, 0.15) is 17.5 Å². The Hall–Kier alpha value is -2.88. The summed E-state index contributed by atoms with van der Waals surface area (Å²) in [7, 11) is 0. The van der Waals surface area contributed by atoms with Gasteiger partial charge in [-0.2, -0.15) is 0 Å². The van der Waals surface area contributed by atoms with Gasteiger partial charge in [0.05, 0.1) is 11.5 Å². The highest BCUT2D eigenvalue weighted by Crippen LogP contribution is 2.31. The number of hydrazine groups is 1. The molecule has 7 nitrogen and oxygen atoms in total. The second-order valence-corrected chi connectivity index (χ2v) is 8.35. The van der Waals surface area contributed by atoms with Gasteiger partial charge < -0.3 is 9.63 Å². The van der Waals surface area contributed by atoms with E-state index in [1.165, 1.54) is 0 Å². The van der Waals surface area contributed by atoms with Crippen molar-refractivity contribution in [1.29, 1.82) is 0 Å². The number of rotatable bonds is 5. The van der Waals surface area contributed by atoms with Crippen molar-refractivity contribution in [3.8, 4) is 11.3 Å². The van der Waals surface area contributed by atoms with Crippen LogP contribution in [0.15, 0.2) is 22.7 Å². The number of aromatic nitrogens is 1. The van der Waals surface area contributed by atoms with E-state index in [4.69, 9.17) is 4.52 Å². The van der Waals surface area contributed by atoms with Crippen LogP contribution in [0, 0.1) is 23.4 Å². The lowest BCUT2D eigenvalue weighted by Gasteiger charge is -2.44. The van der Waals surface area contributed by atoms with E-state index >= 15 is 0 Å². The maximum atomic E-state index is 14.1. The van der Waals surface area contributed by atoms with Gasteiger partial charge in [0, 0.05) is 37.3 Å². The second-order valence-electron chi connectivity index (χ2n) is 8.35. The van der Waals surface area contributed by atoms with E-state index in [9.17, 15) is 27.9 Å². The Bertz CT molecular complexity index is 983. The van der Waals surface area contributed by atoms with Crippen LogP contribution < -0.4 is 0 Å². The summed E-state index contributed by atoms with van der Waals surface area (Å²) in [6, 6.07) is 2.06. The van der Waals surface area contributed by atoms with Crippen LogP contribution in [0.4, 0.5) is 13.2 Å². The fraction of sp³-hybridized carbons (Fsp3) is 0.500. The van der Waals surface area contributed by atoms with E-state index < -0.39 is 40.8 Å². The van der Waals surface area contributed by atoms with Crippen LogP contribution in [0.3, 0.4) is 0 Å². The minimum absolute atomic E-state index is 0.122.